The van der Waals surface area contributed by atoms with Crippen LogP contribution in [0.15, 0.2) is 24.3 Å². The fourth-order valence-corrected chi connectivity index (χ4v) is 1.29. The van der Waals surface area contributed by atoms with Crippen LogP contribution in [-0.4, -0.2) is 23.8 Å². The van der Waals surface area contributed by atoms with E-state index in [1.165, 1.54) is 0 Å². The molecule has 0 aliphatic carbocycles. The van der Waals surface area contributed by atoms with Crippen molar-refractivity contribution >= 4 is 12.6 Å². The van der Waals surface area contributed by atoms with Crippen molar-refractivity contribution in [1.82, 2.24) is 0 Å². The molecule has 0 saturated heterocycles. The Morgan fingerprint density at radius 1 is 1.29 bits per heavy atom. The predicted molar refractivity (Wildman–Crippen MR) is 56.3 cm³/mol. The highest BCUT2D eigenvalue weighted by Crippen LogP contribution is 2.14. The normalized spacial score (nSPS) is 12.6. The van der Waals surface area contributed by atoms with E-state index in [4.69, 9.17) is 14.8 Å². The Bertz CT molecular complexity index is 271. The highest BCUT2D eigenvalue weighted by atomic mass is 16.5. The van der Waals surface area contributed by atoms with Crippen LogP contribution in [0.3, 0.4) is 0 Å². The first-order valence-electron chi connectivity index (χ1n) is 4.72. The molecule has 1 aromatic carbocycles. The first-order chi connectivity index (χ1) is 6.65. The zero-order valence-corrected chi connectivity index (χ0v) is 8.47. The molecule has 0 heterocycles. The number of rotatable bonds is 4. The minimum absolute atomic E-state index is 0.0462. The van der Waals surface area contributed by atoms with Crippen molar-refractivity contribution < 1.29 is 14.8 Å². The highest BCUT2D eigenvalue weighted by molar-refractivity contribution is 6.58. The molecule has 0 fully saturated rings. The van der Waals surface area contributed by atoms with Crippen molar-refractivity contribution in [3.63, 3.8) is 0 Å². The van der Waals surface area contributed by atoms with Crippen LogP contribution in [0.2, 0.25) is 0 Å². The van der Waals surface area contributed by atoms with E-state index < -0.39 is 7.12 Å². The topological polar surface area (TPSA) is 49.7 Å². The van der Waals surface area contributed by atoms with Gasteiger partial charge in [0.05, 0.1) is 6.10 Å². The molecule has 0 aromatic heterocycles. The molecule has 1 rings (SSSR count). The summed E-state index contributed by atoms with van der Waals surface area (Å²) in [5.74, 6) is 0. The van der Waals surface area contributed by atoms with E-state index in [-0.39, 0.29) is 6.10 Å². The van der Waals surface area contributed by atoms with Gasteiger partial charge < -0.3 is 14.8 Å². The van der Waals surface area contributed by atoms with E-state index in [1.54, 1.807) is 12.1 Å². The first kappa shape index (κ1) is 11.2. The fraction of sp³-hybridized carbons (Fsp3) is 0.400. The summed E-state index contributed by atoms with van der Waals surface area (Å²) in [7, 11) is -1.40. The van der Waals surface area contributed by atoms with E-state index in [2.05, 4.69) is 0 Å². The van der Waals surface area contributed by atoms with Gasteiger partial charge in [-0.25, -0.2) is 0 Å². The van der Waals surface area contributed by atoms with Gasteiger partial charge in [-0.05, 0) is 24.9 Å². The third-order valence-electron chi connectivity index (χ3n) is 2.12. The number of ether oxygens (including phenoxy) is 1. The summed E-state index contributed by atoms with van der Waals surface area (Å²) in [6.45, 7) is 4.59. The zero-order chi connectivity index (χ0) is 10.6. The van der Waals surface area contributed by atoms with Gasteiger partial charge in [0.1, 0.15) is 0 Å². The van der Waals surface area contributed by atoms with Crippen LogP contribution in [0.5, 0.6) is 0 Å². The molecule has 14 heavy (non-hydrogen) atoms. The predicted octanol–water partition coefficient (Wildman–Crippen LogP) is 0.464. The van der Waals surface area contributed by atoms with E-state index in [9.17, 15) is 0 Å². The van der Waals surface area contributed by atoms with E-state index >= 15 is 0 Å². The van der Waals surface area contributed by atoms with Crippen molar-refractivity contribution in [2.24, 2.45) is 0 Å². The minimum Gasteiger partial charge on any atom is -0.423 e. The van der Waals surface area contributed by atoms with Gasteiger partial charge in [-0.2, -0.15) is 0 Å². The monoisotopic (exact) mass is 194 g/mol. The second-order valence-corrected chi connectivity index (χ2v) is 3.14. The Balaban J connectivity index is 2.72. The summed E-state index contributed by atoms with van der Waals surface area (Å²) in [5.41, 5.74) is 1.54. The highest BCUT2D eigenvalue weighted by Gasteiger charge is 2.11. The molecule has 0 unspecified atom stereocenters. The van der Waals surface area contributed by atoms with E-state index in [0.29, 0.717) is 12.1 Å². The minimum atomic E-state index is -1.40. The Labute approximate surface area is 84.5 Å². The molecule has 1 atom stereocenters. The lowest BCUT2D eigenvalue weighted by Gasteiger charge is -2.12. The molecule has 2 N–H and O–H groups in total. The summed E-state index contributed by atoms with van der Waals surface area (Å²) in [6.07, 6.45) is 0.0462. The van der Waals surface area contributed by atoms with E-state index in [1.807, 2.05) is 26.0 Å². The summed E-state index contributed by atoms with van der Waals surface area (Å²) in [5, 5.41) is 17.8. The van der Waals surface area contributed by atoms with Crippen molar-refractivity contribution in [2.75, 3.05) is 6.61 Å². The average molecular weight is 194 g/mol. The molecule has 76 valence electrons. The number of benzene rings is 1. The fourth-order valence-electron chi connectivity index (χ4n) is 1.29. The van der Waals surface area contributed by atoms with E-state index in [0.717, 1.165) is 5.56 Å². The summed E-state index contributed by atoms with van der Waals surface area (Å²) in [4.78, 5) is 0. The van der Waals surface area contributed by atoms with Crippen LogP contribution >= 0.6 is 0 Å². The molecule has 1 aromatic rings. The average Bonchev–Trinajstić information content (AvgIpc) is 2.18. The van der Waals surface area contributed by atoms with Gasteiger partial charge in [0, 0.05) is 6.61 Å². The molecule has 0 radical (unpaired) electrons. The van der Waals surface area contributed by atoms with Gasteiger partial charge >= 0.3 is 7.12 Å². The molecule has 0 amide bonds. The lowest BCUT2D eigenvalue weighted by atomic mass is 9.80. The maximum Gasteiger partial charge on any atom is 0.488 e. The summed E-state index contributed by atoms with van der Waals surface area (Å²) in [6, 6.07) is 7.06. The van der Waals surface area contributed by atoms with Crippen molar-refractivity contribution in [1.29, 1.82) is 0 Å². The molecule has 0 aliphatic rings. The Morgan fingerprint density at radius 2 is 1.86 bits per heavy atom. The molecule has 0 spiro atoms. The smallest absolute Gasteiger partial charge is 0.423 e. The van der Waals surface area contributed by atoms with Crippen molar-refractivity contribution in [3.8, 4) is 0 Å². The summed E-state index contributed by atoms with van der Waals surface area (Å²) < 4.78 is 5.40. The van der Waals surface area contributed by atoms with Gasteiger partial charge in [-0.1, -0.05) is 24.3 Å². The van der Waals surface area contributed by atoms with Gasteiger partial charge in [0.15, 0.2) is 0 Å². The maximum atomic E-state index is 8.88. The van der Waals surface area contributed by atoms with Crippen LogP contribution in [-0.2, 0) is 4.74 Å². The van der Waals surface area contributed by atoms with Crippen LogP contribution < -0.4 is 5.46 Å². The first-order valence-corrected chi connectivity index (χ1v) is 4.72. The zero-order valence-electron chi connectivity index (χ0n) is 8.47. The Kier molecular flexibility index (Phi) is 4.13. The lowest BCUT2D eigenvalue weighted by molar-refractivity contribution is 0.0764. The third kappa shape index (κ3) is 2.84. The molecule has 4 heteroatoms. The van der Waals surface area contributed by atoms with Crippen LogP contribution in [0, 0.1) is 0 Å². The van der Waals surface area contributed by atoms with Gasteiger partial charge in [-0.3, -0.25) is 0 Å². The molecule has 3 nitrogen and oxygen atoms in total. The third-order valence-corrected chi connectivity index (χ3v) is 2.12. The van der Waals surface area contributed by atoms with Gasteiger partial charge in [0.2, 0.25) is 0 Å². The van der Waals surface area contributed by atoms with Crippen LogP contribution in [0.1, 0.15) is 25.5 Å². The van der Waals surface area contributed by atoms with Gasteiger partial charge in [-0.15, -0.1) is 0 Å². The second kappa shape index (κ2) is 5.15. The molecule has 0 bridgehead atoms. The Hall–Kier alpha value is -0.835. The largest absolute Gasteiger partial charge is 0.488 e. The van der Waals surface area contributed by atoms with Gasteiger partial charge in [0.25, 0.3) is 0 Å². The quantitative estimate of drug-likeness (QED) is 0.684. The van der Waals surface area contributed by atoms with Crippen LogP contribution in [0.4, 0.5) is 0 Å². The number of hydrogen-bond acceptors (Lipinski definition) is 3. The SMILES string of the molecule is CCO[C@@H](C)c1ccc(B(O)O)cc1. The van der Waals surface area contributed by atoms with Crippen molar-refractivity contribution in [3.05, 3.63) is 29.8 Å². The van der Waals surface area contributed by atoms with Crippen LogP contribution in [0.25, 0.3) is 0 Å². The molecule has 0 aliphatic heterocycles. The summed E-state index contributed by atoms with van der Waals surface area (Å²) >= 11 is 0. The molecular formula is C10H15BO3. The lowest BCUT2D eigenvalue weighted by Crippen LogP contribution is -2.29. The van der Waals surface area contributed by atoms with Crippen molar-refractivity contribution in [2.45, 2.75) is 20.0 Å². The Morgan fingerprint density at radius 3 is 2.29 bits per heavy atom. The standard InChI is InChI=1S/C10H15BO3/c1-3-14-8(2)9-4-6-10(7-5-9)11(12)13/h4-8,12-13H,3H2,1-2H3/t8-/m0/s1. The molecule has 0 saturated carbocycles. The second-order valence-electron chi connectivity index (χ2n) is 3.14. The maximum absolute atomic E-state index is 8.88. The number of hydrogen-bond donors (Lipinski definition) is 2. The molecular weight excluding hydrogens is 179 g/mol.